The van der Waals surface area contributed by atoms with Crippen molar-refractivity contribution in [1.82, 2.24) is 9.88 Å². The van der Waals surface area contributed by atoms with Crippen LogP contribution in [0.25, 0.3) is 10.8 Å². The lowest BCUT2D eigenvalue weighted by Gasteiger charge is -2.26. The molecule has 0 saturated carbocycles. The molecule has 2 aromatic rings. The number of rotatable bonds is 4. The average Bonchev–Trinajstić information content (AvgIpc) is 2.52. The van der Waals surface area contributed by atoms with E-state index in [1.807, 2.05) is 0 Å². The maximum absolute atomic E-state index is 14.0. The summed E-state index contributed by atoms with van der Waals surface area (Å²) in [5.41, 5.74) is 6.46. The molecule has 2 heterocycles. The molecule has 3 rings (SSSR count). The Morgan fingerprint density at radius 3 is 2.90 bits per heavy atom. The molecule has 0 bridgehead atoms. The molecule has 0 amide bonds. The fourth-order valence-corrected chi connectivity index (χ4v) is 2.57. The molecular formula is C15H19FN4O. The molecule has 0 radical (unpaired) electrons. The van der Waals surface area contributed by atoms with E-state index in [0.29, 0.717) is 28.8 Å². The van der Waals surface area contributed by atoms with Gasteiger partial charge in [-0.1, -0.05) is 0 Å². The van der Waals surface area contributed by atoms with Gasteiger partial charge in [-0.25, -0.2) is 9.37 Å². The van der Waals surface area contributed by atoms with Crippen molar-refractivity contribution >= 4 is 22.3 Å². The van der Waals surface area contributed by atoms with Gasteiger partial charge in [-0.2, -0.15) is 0 Å². The zero-order chi connectivity index (χ0) is 14.7. The number of benzene rings is 1. The van der Waals surface area contributed by atoms with Crippen LogP contribution in [0.15, 0.2) is 24.4 Å². The maximum atomic E-state index is 14.0. The first kappa shape index (κ1) is 14.0. The smallest absolute Gasteiger partial charge is 0.136 e. The largest absolute Gasteiger partial charge is 0.398 e. The van der Waals surface area contributed by atoms with E-state index < -0.39 is 0 Å². The third-order valence-electron chi connectivity index (χ3n) is 3.73. The summed E-state index contributed by atoms with van der Waals surface area (Å²) in [4.78, 5) is 6.55. The molecule has 1 fully saturated rings. The summed E-state index contributed by atoms with van der Waals surface area (Å²) in [6.07, 6.45) is 1.65. The van der Waals surface area contributed by atoms with E-state index in [0.717, 1.165) is 32.8 Å². The lowest BCUT2D eigenvalue weighted by molar-refractivity contribution is 0.0398. The molecule has 3 N–H and O–H groups in total. The number of nitrogens with two attached hydrogens (primary N) is 1. The zero-order valence-corrected chi connectivity index (χ0v) is 11.8. The van der Waals surface area contributed by atoms with Crippen LogP contribution in [-0.2, 0) is 4.74 Å². The Morgan fingerprint density at radius 2 is 2.10 bits per heavy atom. The van der Waals surface area contributed by atoms with Crippen molar-refractivity contribution in [3.63, 3.8) is 0 Å². The fourth-order valence-electron chi connectivity index (χ4n) is 2.57. The molecule has 0 atom stereocenters. The lowest BCUT2D eigenvalue weighted by atomic mass is 10.1. The van der Waals surface area contributed by atoms with Crippen molar-refractivity contribution in [2.45, 2.75) is 0 Å². The quantitative estimate of drug-likeness (QED) is 0.839. The third-order valence-corrected chi connectivity index (χ3v) is 3.73. The minimum Gasteiger partial charge on any atom is -0.398 e. The van der Waals surface area contributed by atoms with E-state index in [1.165, 1.54) is 6.07 Å². The highest BCUT2D eigenvalue weighted by Gasteiger charge is 2.12. The molecule has 6 heteroatoms. The second kappa shape index (κ2) is 6.24. The van der Waals surface area contributed by atoms with Crippen molar-refractivity contribution in [2.24, 2.45) is 0 Å². The zero-order valence-electron chi connectivity index (χ0n) is 11.8. The Labute approximate surface area is 122 Å². The van der Waals surface area contributed by atoms with Gasteiger partial charge in [-0.3, -0.25) is 4.90 Å². The van der Waals surface area contributed by atoms with Crippen molar-refractivity contribution < 1.29 is 9.13 Å². The van der Waals surface area contributed by atoms with E-state index in [4.69, 9.17) is 10.5 Å². The Bertz CT molecular complexity index is 628. The number of fused-ring (bicyclic) bond motifs is 1. The van der Waals surface area contributed by atoms with Gasteiger partial charge >= 0.3 is 0 Å². The lowest BCUT2D eigenvalue weighted by Crippen LogP contribution is -2.39. The van der Waals surface area contributed by atoms with Gasteiger partial charge in [0.1, 0.15) is 11.6 Å². The molecule has 0 unspecified atom stereocenters. The van der Waals surface area contributed by atoms with Crippen LogP contribution in [0.3, 0.4) is 0 Å². The molecule has 112 valence electrons. The first-order chi connectivity index (χ1) is 10.3. The molecule has 0 spiro atoms. The van der Waals surface area contributed by atoms with Crippen molar-refractivity contribution in [2.75, 3.05) is 50.4 Å². The molecule has 1 aromatic carbocycles. The number of nitrogen functional groups attached to an aromatic ring is 1. The third kappa shape index (κ3) is 3.06. The van der Waals surface area contributed by atoms with E-state index in [-0.39, 0.29) is 5.82 Å². The monoisotopic (exact) mass is 290 g/mol. The highest BCUT2D eigenvalue weighted by atomic mass is 19.1. The molecule has 5 nitrogen and oxygen atoms in total. The number of ether oxygens (including phenoxy) is 1. The number of aromatic nitrogens is 1. The Kier molecular flexibility index (Phi) is 4.17. The SMILES string of the molecule is Nc1ccc(F)c2c(NCCN3CCOCC3)nccc12. The summed E-state index contributed by atoms with van der Waals surface area (Å²) in [5, 5.41) is 4.37. The topological polar surface area (TPSA) is 63.4 Å². The van der Waals surface area contributed by atoms with Gasteiger partial charge in [0, 0.05) is 43.4 Å². The molecule has 1 saturated heterocycles. The molecule has 1 aromatic heterocycles. The molecule has 1 aliphatic heterocycles. The summed E-state index contributed by atoms with van der Waals surface area (Å²) >= 11 is 0. The van der Waals surface area contributed by atoms with Crippen LogP contribution >= 0.6 is 0 Å². The molecule has 21 heavy (non-hydrogen) atoms. The van der Waals surface area contributed by atoms with E-state index in [9.17, 15) is 4.39 Å². The minimum absolute atomic E-state index is 0.304. The highest BCUT2D eigenvalue weighted by molar-refractivity contribution is 5.99. The first-order valence-electron chi connectivity index (χ1n) is 7.12. The number of nitrogens with zero attached hydrogens (tertiary/aromatic N) is 2. The van der Waals surface area contributed by atoms with Gasteiger partial charge in [0.05, 0.1) is 18.6 Å². The van der Waals surface area contributed by atoms with E-state index in [2.05, 4.69) is 15.2 Å². The number of morpholine rings is 1. The van der Waals surface area contributed by atoms with Gasteiger partial charge in [0.15, 0.2) is 0 Å². The summed E-state index contributed by atoms with van der Waals surface area (Å²) in [5.74, 6) is 0.242. The average molecular weight is 290 g/mol. The predicted molar refractivity (Wildman–Crippen MR) is 81.9 cm³/mol. The summed E-state index contributed by atoms with van der Waals surface area (Å²) < 4.78 is 19.4. The van der Waals surface area contributed by atoms with Gasteiger partial charge < -0.3 is 15.8 Å². The van der Waals surface area contributed by atoms with Crippen LogP contribution in [0.5, 0.6) is 0 Å². The van der Waals surface area contributed by atoms with Crippen LogP contribution in [0.2, 0.25) is 0 Å². The summed E-state index contributed by atoms with van der Waals surface area (Å²) in [6, 6.07) is 4.70. The van der Waals surface area contributed by atoms with Crippen molar-refractivity contribution in [1.29, 1.82) is 0 Å². The highest BCUT2D eigenvalue weighted by Crippen LogP contribution is 2.28. The number of hydrogen-bond donors (Lipinski definition) is 2. The number of halogens is 1. The van der Waals surface area contributed by atoms with Crippen LogP contribution in [-0.4, -0.2) is 49.3 Å². The maximum Gasteiger partial charge on any atom is 0.136 e. The van der Waals surface area contributed by atoms with E-state index in [1.54, 1.807) is 18.3 Å². The Hall–Kier alpha value is -1.92. The Balaban J connectivity index is 1.73. The molecule has 1 aliphatic rings. The minimum atomic E-state index is -0.304. The van der Waals surface area contributed by atoms with Gasteiger partial charge in [0.2, 0.25) is 0 Å². The molecular weight excluding hydrogens is 271 g/mol. The number of nitrogens with one attached hydrogen (secondary N) is 1. The Morgan fingerprint density at radius 1 is 1.29 bits per heavy atom. The number of pyridine rings is 1. The second-order valence-electron chi connectivity index (χ2n) is 5.10. The van der Waals surface area contributed by atoms with Gasteiger partial charge in [-0.15, -0.1) is 0 Å². The van der Waals surface area contributed by atoms with E-state index >= 15 is 0 Å². The van der Waals surface area contributed by atoms with Crippen molar-refractivity contribution in [3.05, 3.63) is 30.2 Å². The van der Waals surface area contributed by atoms with Gasteiger partial charge in [0.25, 0.3) is 0 Å². The first-order valence-corrected chi connectivity index (χ1v) is 7.12. The predicted octanol–water partition coefficient (Wildman–Crippen LogP) is 1.70. The normalized spacial score (nSPS) is 16.2. The van der Waals surface area contributed by atoms with Crippen LogP contribution in [0, 0.1) is 5.82 Å². The summed E-state index contributed by atoms with van der Waals surface area (Å²) in [7, 11) is 0. The second-order valence-corrected chi connectivity index (χ2v) is 5.10. The molecule has 0 aliphatic carbocycles. The van der Waals surface area contributed by atoms with Crippen LogP contribution in [0.1, 0.15) is 0 Å². The number of hydrogen-bond acceptors (Lipinski definition) is 5. The van der Waals surface area contributed by atoms with Crippen molar-refractivity contribution in [3.8, 4) is 0 Å². The van der Waals surface area contributed by atoms with Gasteiger partial charge in [-0.05, 0) is 18.2 Å². The summed E-state index contributed by atoms with van der Waals surface area (Å²) in [6.45, 7) is 5.01. The van der Waals surface area contributed by atoms with Crippen LogP contribution < -0.4 is 11.1 Å². The fraction of sp³-hybridized carbons (Fsp3) is 0.400. The standard InChI is InChI=1S/C15H19FN4O/c16-12-1-2-13(17)11-3-4-18-15(14(11)12)19-5-6-20-7-9-21-10-8-20/h1-4H,5-10,17H2,(H,18,19). The van der Waals surface area contributed by atoms with Crippen LogP contribution in [0.4, 0.5) is 15.9 Å². The number of anilines is 2.